The number of hydrogen-bond donors (Lipinski definition) is 1. The summed E-state index contributed by atoms with van der Waals surface area (Å²) in [5.41, 5.74) is 0.0888. The summed E-state index contributed by atoms with van der Waals surface area (Å²) in [4.78, 5) is 15.0. The molecule has 104 valence electrons. The van der Waals surface area contributed by atoms with Crippen molar-refractivity contribution in [3.63, 3.8) is 0 Å². The van der Waals surface area contributed by atoms with Crippen molar-refractivity contribution < 1.29 is 19.4 Å². The zero-order chi connectivity index (χ0) is 14.7. The molecular formula is C13H9BrClNO4. The molecule has 2 aromatic rings. The third-order valence-electron chi connectivity index (χ3n) is 2.39. The van der Waals surface area contributed by atoms with E-state index in [2.05, 4.69) is 20.9 Å². The molecule has 0 aliphatic carbocycles. The summed E-state index contributed by atoms with van der Waals surface area (Å²) in [6, 6.07) is 5.93. The summed E-state index contributed by atoms with van der Waals surface area (Å²) in [6.07, 6.45) is 1.43. The van der Waals surface area contributed by atoms with E-state index in [1.807, 2.05) is 0 Å². The molecule has 20 heavy (non-hydrogen) atoms. The van der Waals surface area contributed by atoms with Gasteiger partial charge in [-0.3, -0.25) is 0 Å². The van der Waals surface area contributed by atoms with Gasteiger partial charge >= 0.3 is 5.97 Å². The molecular weight excluding hydrogens is 350 g/mol. The predicted octanol–water partition coefficient (Wildman–Crippen LogP) is 4.00. The van der Waals surface area contributed by atoms with Gasteiger partial charge in [0.05, 0.1) is 22.2 Å². The second-order valence-corrected chi connectivity index (χ2v) is 5.00. The molecule has 0 saturated heterocycles. The van der Waals surface area contributed by atoms with Crippen LogP contribution in [-0.2, 0) is 0 Å². The van der Waals surface area contributed by atoms with E-state index in [4.69, 9.17) is 26.2 Å². The molecule has 0 saturated carbocycles. The highest BCUT2D eigenvalue weighted by Crippen LogP contribution is 2.35. The summed E-state index contributed by atoms with van der Waals surface area (Å²) < 4.78 is 11.2. The quantitative estimate of drug-likeness (QED) is 0.895. The number of hydrogen-bond acceptors (Lipinski definition) is 4. The fraction of sp³-hybridized carbons (Fsp3) is 0.0769. The van der Waals surface area contributed by atoms with Crippen LogP contribution in [0.5, 0.6) is 17.4 Å². The van der Waals surface area contributed by atoms with E-state index in [1.165, 1.54) is 31.5 Å². The first-order valence-corrected chi connectivity index (χ1v) is 6.58. The second-order valence-electron chi connectivity index (χ2n) is 3.71. The fourth-order valence-electron chi connectivity index (χ4n) is 1.47. The maximum absolute atomic E-state index is 11.0. The van der Waals surface area contributed by atoms with E-state index in [9.17, 15) is 4.79 Å². The number of aromatic carboxylic acids is 1. The first-order chi connectivity index (χ1) is 9.51. The van der Waals surface area contributed by atoms with Gasteiger partial charge in [0.15, 0.2) is 11.5 Å². The minimum atomic E-state index is -1.05. The van der Waals surface area contributed by atoms with Gasteiger partial charge in [0.2, 0.25) is 5.88 Å². The van der Waals surface area contributed by atoms with E-state index in [0.717, 1.165) is 0 Å². The molecule has 0 unspecified atom stereocenters. The lowest BCUT2D eigenvalue weighted by molar-refractivity contribution is 0.0696. The Bertz CT molecular complexity index is 663. The summed E-state index contributed by atoms with van der Waals surface area (Å²) >= 11 is 9.06. The van der Waals surface area contributed by atoms with E-state index in [1.54, 1.807) is 6.07 Å². The van der Waals surface area contributed by atoms with E-state index in [0.29, 0.717) is 15.2 Å². The molecule has 2 rings (SSSR count). The Morgan fingerprint density at radius 3 is 2.70 bits per heavy atom. The third kappa shape index (κ3) is 3.20. The first kappa shape index (κ1) is 14.6. The summed E-state index contributed by atoms with van der Waals surface area (Å²) in [5, 5.41) is 9.45. The number of halogens is 2. The smallest absolute Gasteiger partial charge is 0.335 e. The molecule has 0 amide bonds. The van der Waals surface area contributed by atoms with Crippen LogP contribution in [0.1, 0.15) is 10.4 Å². The Morgan fingerprint density at radius 2 is 2.10 bits per heavy atom. The lowest BCUT2D eigenvalue weighted by Gasteiger charge is -2.11. The van der Waals surface area contributed by atoms with E-state index >= 15 is 0 Å². The van der Waals surface area contributed by atoms with Crippen LogP contribution in [0.4, 0.5) is 0 Å². The van der Waals surface area contributed by atoms with E-state index in [-0.39, 0.29) is 17.2 Å². The Hall–Kier alpha value is -1.79. The zero-order valence-electron chi connectivity index (χ0n) is 10.3. The monoisotopic (exact) mass is 357 g/mol. The lowest BCUT2D eigenvalue weighted by atomic mass is 10.2. The van der Waals surface area contributed by atoms with Gasteiger partial charge in [-0.1, -0.05) is 11.6 Å². The number of carboxylic acid groups (broad SMARTS) is 1. The van der Waals surface area contributed by atoms with Crippen LogP contribution in [0.3, 0.4) is 0 Å². The average molecular weight is 359 g/mol. The van der Waals surface area contributed by atoms with Crippen LogP contribution < -0.4 is 9.47 Å². The highest BCUT2D eigenvalue weighted by Gasteiger charge is 2.13. The third-order valence-corrected chi connectivity index (χ3v) is 3.17. The molecule has 0 radical (unpaired) electrons. The van der Waals surface area contributed by atoms with Crippen molar-refractivity contribution in [3.8, 4) is 17.4 Å². The van der Waals surface area contributed by atoms with Crippen LogP contribution >= 0.6 is 27.5 Å². The largest absolute Gasteiger partial charge is 0.493 e. The van der Waals surface area contributed by atoms with Gasteiger partial charge in [0.1, 0.15) is 0 Å². The highest BCUT2D eigenvalue weighted by atomic mass is 79.9. The van der Waals surface area contributed by atoms with Gasteiger partial charge in [-0.05, 0) is 40.2 Å². The summed E-state index contributed by atoms with van der Waals surface area (Å²) in [5.74, 6) is -0.141. The second kappa shape index (κ2) is 6.11. The highest BCUT2D eigenvalue weighted by molar-refractivity contribution is 9.10. The normalized spacial score (nSPS) is 10.2. The molecule has 0 aliphatic rings. The topological polar surface area (TPSA) is 68.7 Å². The molecule has 0 spiro atoms. The maximum Gasteiger partial charge on any atom is 0.335 e. The summed E-state index contributed by atoms with van der Waals surface area (Å²) in [7, 11) is 1.47. The van der Waals surface area contributed by atoms with Gasteiger partial charge in [0, 0.05) is 6.20 Å². The van der Waals surface area contributed by atoms with Crippen LogP contribution in [0.15, 0.2) is 34.9 Å². The van der Waals surface area contributed by atoms with Crippen LogP contribution in [0.25, 0.3) is 0 Å². The number of aromatic nitrogens is 1. The number of ether oxygens (including phenoxy) is 2. The van der Waals surface area contributed by atoms with Crippen molar-refractivity contribution >= 4 is 33.5 Å². The average Bonchev–Trinajstić information content (AvgIpc) is 2.41. The minimum Gasteiger partial charge on any atom is -0.493 e. The molecule has 5 nitrogen and oxygen atoms in total. The number of carbonyl (C=O) groups is 1. The van der Waals surface area contributed by atoms with Crippen LogP contribution in [-0.4, -0.2) is 23.2 Å². The number of methoxy groups -OCH3 is 1. The van der Waals surface area contributed by atoms with Crippen molar-refractivity contribution in [2.45, 2.75) is 0 Å². The van der Waals surface area contributed by atoms with Crippen molar-refractivity contribution in [1.82, 2.24) is 4.98 Å². The van der Waals surface area contributed by atoms with Gasteiger partial charge in [-0.25, -0.2) is 9.78 Å². The number of nitrogens with zero attached hydrogens (tertiary/aromatic N) is 1. The van der Waals surface area contributed by atoms with Crippen LogP contribution in [0, 0.1) is 0 Å². The number of pyridine rings is 1. The zero-order valence-corrected chi connectivity index (χ0v) is 12.6. The molecule has 1 aromatic heterocycles. The molecule has 1 N–H and O–H groups in total. The van der Waals surface area contributed by atoms with Gasteiger partial charge in [-0.15, -0.1) is 0 Å². The Kier molecular flexibility index (Phi) is 4.46. The Labute approximate surface area is 128 Å². The lowest BCUT2D eigenvalue weighted by Crippen LogP contribution is -1.99. The standard InChI is InChI=1S/C13H9BrClNO4/c1-19-10-3-2-7(13(17)18)4-11(10)20-12-9(14)5-8(15)6-16-12/h2-6H,1H3,(H,17,18). The van der Waals surface area contributed by atoms with Crippen molar-refractivity contribution in [1.29, 1.82) is 0 Å². The molecule has 1 heterocycles. The van der Waals surface area contributed by atoms with E-state index < -0.39 is 5.97 Å². The molecule has 1 aromatic carbocycles. The predicted molar refractivity (Wildman–Crippen MR) is 77.0 cm³/mol. The van der Waals surface area contributed by atoms with Crippen LogP contribution in [0.2, 0.25) is 5.02 Å². The van der Waals surface area contributed by atoms with Gasteiger partial charge in [0.25, 0.3) is 0 Å². The molecule has 0 bridgehead atoms. The van der Waals surface area contributed by atoms with Crippen molar-refractivity contribution in [2.24, 2.45) is 0 Å². The van der Waals surface area contributed by atoms with Gasteiger partial charge < -0.3 is 14.6 Å². The number of benzene rings is 1. The fourth-order valence-corrected chi connectivity index (χ4v) is 2.19. The first-order valence-electron chi connectivity index (χ1n) is 5.41. The maximum atomic E-state index is 11.0. The SMILES string of the molecule is COc1ccc(C(=O)O)cc1Oc1ncc(Cl)cc1Br. The summed E-state index contributed by atoms with van der Waals surface area (Å²) in [6.45, 7) is 0. The minimum absolute atomic E-state index is 0.0888. The van der Waals surface area contributed by atoms with Crippen molar-refractivity contribution in [3.05, 3.63) is 45.5 Å². The van der Waals surface area contributed by atoms with Crippen molar-refractivity contribution in [2.75, 3.05) is 7.11 Å². The molecule has 7 heteroatoms. The Balaban J connectivity index is 2.40. The Morgan fingerprint density at radius 1 is 1.35 bits per heavy atom. The number of carboxylic acids is 1. The number of rotatable bonds is 4. The van der Waals surface area contributed by atoms with Gasteiger partial charge in [-0.2, -0.15) is 0 Å². The molecule has 0 fully saturated rings. The molecule has 0 aliphatic heterocycles. The molecule has 0 atom stereocenters.